The molecule has 1 saturated heterocycles. The minimum absolute atomic E-state index is 0.0199. The van der Waals surface area contributed by atoms with E-state index in [2.05, 4.69) is 5.32 Å². The van der Waals surface area contributed by atoms with Crippen LogP contribution in [0.1, 0.15) is 26.7 Å². The normalized spacial score (nSPS) is 15.8. The highest BCUT2D eigenvalue weighted by atomic mass is 35.5. The topological polar surface area (TPSA) is 67.9 Å². The first kappa shape index (κ1) is 18.4. The van der Waals surface area contributed by atoms with Gasteiger partial charge in [0.1, 0.15) is 5.75 Å². The molecule has 2 amide bonds. The first-order valence-electron chi connectivity index (χ1n) is 7.90. The molecule has 0 unspecified atom stereocenters. The summed E-state index contributed by atoms with van der Waals surface area (Å²) < 4.78 is 10.5. The van der Waals surface area contributed by atoms with Crippen molar-refractivity contribution < 1.29 is 19.1 Å². The minimum atomic E-state index is -1.01. The maximum absolute atomic E-state index is 12.5. The molecule has 0 aliphatic carbocycles. The maximum atomic E-state index is 12.5. The summed E-state index contributed by atoms with van der Waals surface area (Å²) in [5.41, 5.74) is -1.01. The smallest absolute Gasteiger partial charge is 0.409 e. The lowest BCUT2D eigenvalue weighted by atomic mass is 10.0. The largest absolute Gasteiger partial charge is 0.478 e. The molecule has 24 heavy (non-hydrogen) atoms. The molecule has 0 bridgehead atoms. The van der Waals surface area contributed by atoms with Crippen molar-refractivity contribution in [3.8, 4) is 5.75 Å². The Bertz CT molecular complexity index is 581. The fourth-order valence-corrected chi connectivity index (χ4v) is 2.66. The molecule has 0 saturated carbocycles. The number of nitrogens with one attached hydrogen (secondary N) is 1. The maximum Gasteiger partial charge on any atom is 0.409 e. The van der Waals surface area contributed by atoms with Gasteiger partial charge >= 0.3 is 6.09 Å². The predicted molar refractivity (Wildman–Crippen MR) is 91.3 cm³/mol. The molecule has 1 aromatic carbocycles. The van der Waals surface area contributed by atoms with Crippen LogP contribution in [0.15, 0.2) is 24.3 Å². The third-order valence-electron chi connectivity index (χ3n) is 4.00. The number of hydrogen-bond donors (Lipinski definition) is 1. The van der Waals surface area contributed by atoms with Crippen LogP contribution >= 0.6 is 11.6 Å². The average molecular weight is 355 g/mol. The summed E-state index contributed by atoms with van der Waals surface area (Å²) in [5.74, 6) is 0.397. The Morgan fingerprint density at radius 3 is 2.33 bits per heavy atom. The highest BCUT2D eigenvalue weighted by Crippen LogP contribution is 2.21. The van der Waals surface area contributed by atoms with E-state index in [1.54, 1.807) is 43.0 Å². The van der Waals surface area contributed by atoms with E-state index >= 15 is 0 Å². The van der Waals surface area contributed by atoms with Crippen LogP contribution in [-0.4, -0.2) is 48.7 Å². The second kappa shape index (κ2) is 7.75. The van der Waals surface area contributed by atoms with Crippen molar-refractivity contribution in [2.75, 3.05) is 20.2 Å². The van der Waals surface area contributed by atoms with Crippen LogP contribution in [0.5, 0.6) is 5.75 Å². The van der Waals surface area contributed by atoms with Crippen LogP contribution < -0.4 is 10.1 Å². The van der Waals surface area contributed by atoms with Crippen LogP contribution in [-0.2, 0) is 9.53 Å². The van der Waals surface area contributed by atoms with Gasteiger partial charge in [0, 0.05) is 24.2 Å². The number of likely N-dealkylation sites (tertiary alicyclic amines) is 1. The Morgan fingerprint density at radius 2 is 1.79 bits per heavy atom. The molecular formula is C17H23ClN2O4. The van der Waals surface area contributed by atoms with E-state index in [9.17, 15) is 9.59 Å². The molecule has 132 valence electrons. The number of methoxy groups -OCH3 is 1. The molecule has 7 heteroatoms. The number of halogens is 1. The number of ether oxygens (including phenoxy) is 2. The van der Waals surface area contributed by atoms with Gasteiger partial charge in [0.05, 0.1) is 7.11 Å². The number of benzene rings is 1. The highest BCUT2D eigenvalue weighted by molar-refractivity contribution is 6.30. The Morgan fingerprint density at radius 1 is 1.21 bits per heavy atom. The first-order chi connectivity index (χ1) is 11.3. The molecule has 0 atom stereocenters. The summed E-state index contributed by atoms with van der Waals surface area (Å²) in [4.78, 5) is 25.6. The highest BCUT2D eigenvalue weighted by Gasteiger charge is 2.33. The van der Waals surface area contributed by atoms with Gasteiger partial charge in [-0.2, -0.15) is 0 Å². The van der Waals surface area contributed by atoms with Crippen LogP contribution in [0.2, 0.25) is 5.02 Å². The molecule has 1 aliphatic heterocycles. The number of carbonyl (C=O) groups is 2. The van der Waals surface area contributed by atoms with E-state index in [0.717, 1.165) is 0 Å². The van der Waals surface area contributed by atoms with Gasteiger partial charge in [-0.1, -0.05) is 11.6 Å². The fourth-order valence-electron chi connectivity index (χ4n) is 2.54. The van der Waals surface area contributed by atoms with Gasteiger partial charge < -0.3 is 19.7 Å². The lowest BCUT2D eigenvalue weighted by molar-refractivity contribution is -0.135. The Hall–Kier alpha value is -1.95. The summed E-state index contributed by atoms with van der Waals surface area (Å²) in [6.45, 7) is 4.58. The average Bonchev–Trinajstić information content (AvgIpc) is 2.56. The Labute approximate surface area is 147 Å². The third kappa shape index (κ3) is 4.77. The van der Waals surface area contributed by atoms with Crippen LogP contribution in [0.3, 0.4) is 0 Å². The monoisotopic (exact) mass is 354 g/mol. The van der Waals surface area contributed by atoms with Gasteiger partial charge in [-0.05, 0) is 51.0 Å². The van der Waals surface area contributed by atoms with Crippen molar-refractivity contribution in [1.29, 1.82) is 0 Å². The number of hydrogen-bond acceptors (Lipinski definition) is 4. The molecule has 1 aromatic rings. The van der Waals surface area contributed by atoms with E-state index in [0.29, 0.717) is 36.7 Å². The van der Waals surface area contributed by atoms with E-state index in [1.165, 1.54) is 7.11 Å². The van der Waals surface area contributed by atoms with Crippen molar-refractivity contribution in [3.63, 3.8) is 0 Å². The second-order valence-electron chi connectivity index (χ2n) is 6.27. The zero-order chi connectivity index (χ0) is 17.7. The van der Waals surface area contributed by atoms with Gasteiger partial charge in [0.15, 0.2) is 5.60 Å². The van der Waals surface area contributed by atoms with Crippen LogP contribution in [0, 0.1) is 0 Å². The van der Waals surface area contributed by atoms with Crippen molar-refractivity contribution in [1.82, 2.24) is 10.2 Å². The zero-order valence-electron chi connectivity index (χ0n) is 14.2. The van der Waals surface area contributed by atoms with Gasteiger partial charge in [-0.25, -0.2) is 4.79 Å². The molecule has 1 fully saturated rings. The first-order valence-corrected chi connectivity index (χ1v) is 8.28. The van der Waals surface area contributed by atoms with Gasteiger partial charge in [0.2, 0.25) is 0 Å². The second-order valence-corrected chi connectivity index (χ2v) is 6.71. The predicted octanol–water partition coefficient (Wildman–Crippen LogP) is 2.84. The van der Waals surface area contributed by atoms with E-state index in [4.69, 9.17) is 21.1 Å². The quantitative estimate of drug-likeness (QED) is 0.902. The molecule has 0 radical (unpaired) electrons. The number of carbonyl (C=O) groups excluding carboxylic acids is 2. The summed E-state index contributed by atoms with van der Waals surface area (Å²) in [5, 5.41) is 3.61. The summed E-state index contributed by atoms with van der Waals surface area (Å²) in [6.07, 6.45) is 1.06. The third-order valence-corrected chi connectivity index (χ3v) is 4.25. The molecule has 6 nitrogen and oxygen atoms in total. The molecule has 1 N–H and O–H groups in total. The van der Waals surface area contributed by atoms with Crippen molar-refractivity contribution in [2.24, 2.45) is 0 Å². The number of rotatable bonds is 4. The van der Waals surface area contributed by atoms with Crippen LogP contribution in [0.4, 0.5) is 4.79 Å². The van der Waals surface area contributed by atoms with E-state index in [1.807, 2.05) is 0 Å². The number of amides is 2. The van der Waals surface area contributed by atoms with Gasteiger partial charge in [-0.3, -0.25) is 4.79 Å². The van der Waals surface area contributed by atoms with Crippen LogP contribution in [0.25, 0.3) is 0 Å². The number of nitrogens with zero attached hydrogens (tertiary/aromatic N) is 1. The standard InChI is InChI=1S/C17H23ClN2O4/c1-17(2,24-14-6-4-12(18)5-7-14)15(21)19-13-8-10-20(11-9-13)16(22)23-3/h4-7,13H,8-11H2,1-3H3,(H,19,21). The summed E-state index contributed by atoms with van der Waals surface area (Å²) in [6, 6.07) is 6.91. The van der Waals surface area contributed by atoms with Gasteiger partial charge in [-0.15, -0.1) is 0 Å². The van der Waals surface area contributed by atoms with E-state index in [-0.39, 0.29) is 18.0 Å². The van der Waals surface area contributed by atoms with Gasteiger partial charge in [0.25, 0.3) is 5.91 Å². The van der Waals surface area contributed by atoms with Crippen molar-refractivity contribution in [2.45, 2.75) is 38.3 Å². The minimum Gasteiger partial charge on any atom is -0.478 e. The molecule has 1 aliphatic rings. The SMILES string of the molecule is COC(=O)N1CCC(NC(=O)C(C)(C)Oc2ccc(Cl)cc2)CC1. The Kier molecular flexibility index (Phi) is 5.94. The van der Waals surface area contributed by atoms with Crippen molar-refractivity contribution in [3.05, 3.63) is 29.3 Å². The lowest BCUT2D eigenvalue weighted by Crippen LogP contribution is -2.53. The molecular weight excluding hydrogens is 332 g/mol. The lowest BCUT2D eigenvalue weighted by Gasteiger charge is -2.33. The zero-order valence-corrected chi connectivity index (χ0v) is 14.9. The number of piperidine rings is 1. The molecule has 0 spiro atoms. The summed E-state index contributed by atoms with van der Waals surface area (Å²) in [7, 11) is 1.37. The molecule has 0 aromatic heterocycles. The Balaban J connectivity index is 1.87. The molecule has 2 rings (SSSR count). The van der Waals surface area contributed by atoms with E-state index < -0.39 is 5.60 Å². The summed E-state index contributed by atoms with van der Waals surface area (Å²) >= 11 is 5.85. The fraction of sp³-hybridized carbons (Fsp3) is 0.529. The molecule has 1 heterocycles. The van der Waals surface area contributed by atoms with Crippen molar-refractivity contribution >= 4 is 23.6 Å².